The van der Waals surface area contributed by atoms with E-state index in [1.165, 1.54) is 6.08 Å². The maximum absolute atomic E-state index is 14.9. The van der Waals surface area contributed by atoms with Gasteiger partial charge in [-0.1, -0.05) is 17.7 Å². The fourth-order valence-corrected chi connectivity index (χ4v) is 7.49. The minimum absolute atomic E-state index is 0.0448. The van der Waals surface area contributed by atoms with E-state index in [4.69, 9.17) is 23.2 Å². The van der Waals surface area contributed by atoms with Crippen molar-refractivity contribution in [2.45, 2.75) is 28.5 Å². The average molecular weight is 619 g/mol. The second-order valence-corrected chi connectivity index (χ2v) is 11.5. The van der Waals surface area contributed by atoms with Gasteiger partial charge in [0.05, 0.1) is 11.8 Å². The van der Waals surface area contributed by atoms with Crippen LogP contribution in [0.1, 0.15) is 24.3 Å². The minimum Gasteiger partial charge on any atom is -0.505 e. The maximum atomic E-state index is 14.9. The lowest BCUT2D eigenvalue weighted by atomic mass is 9.56. The lowest BCUT2D eigenvalue weighted by Gasteiger charge is -2.50. The minimum atomic E-state index is -2.76. The number of alkyl halides is 2. The predicted molar refractivity (Wildman–Crippen MR) is 128 cm³/mol. The summed E-state index contributed by atoms with van der Waals surface area (Å²) in [5.41, 5.74) is -1.92. The molecular formula is C26H14Cl2F6N2O5. The van der Waals surface area contributed by atoms with Gasteiger partial charge in [-0.05, 0) is 36.5 Å². The molecule has 2 aliphatic carbocycles. The molecule has 0 spiro atoms. The van der Waals surface area contributed by atoms with E-state index in [0.29, 0.717) is 0 Å². The number of phenols is 1. The third kappa shape index (κ3) is 3.30. The summed E-state index contributed by atoms with van der Waals surface area (Å²) in [5.74, 6) is -23.9. The van der Waals surface area contributed by atoms with Crippen molar-refractivity contribution >= 4 is 52.5 Å². The first kappa shape index (κ1) is 27.6. The van der Waals surface area contributed by atoms with E-state index < -0.39 is 110 Å². The van der Waals surface area contributed by atoms with Gasteiger partial charge in [-0.15, -0.1) is 23.2 Å². The highest BCUT2D eigenvalue weighted by molar-refractivity contribution is 6.58. The van der Waals surface area contributed by atoms with Crippen LogP contribution in [-0.2, 0) is 19.2 Å². The van der Waals surface area contributed by atoms with Gasteiger partial charge in [0.1, 0.15) is 5.69 Å². The lowest BCUT2D eigenvalue weighted by molar-refractivity contribution is -0.127. The third-order valence-corrected chi connectivity index (χ3v) is 9.78. The Morgan fingerprint density at radius 3 is 2.07 bits per heavy atom. The number of amides is 4. The number of halogens is 8. The standard InChI is InChI=1S/C26H14Cl2F6N2O5/c27-25-6-10-8(2-3-9-13(10)22(39)35-21(9)38)14(7-1-4-12(37)11(29)5-7)26(25,28)24(41)36(23(25)40)20-18(33)16(31)15(30)17(32)19(20)34/h1-2,4-5,9-10,13-14,37H,3,6H2,(H,35,38,39). The van der Waals surface area contributed by atoms with Gasteiger partial charge < -0.3 is 5.11 Å². The molecule has 4 aliphatic rings. The van der Waals surface area contributed by atoms with E-state index in [2.05, 4.69) is 5.32 Å². The number of anilines is 1. The number of allylic oxidation sites excluding steroid dienone is 2. The summed E-state index contributed by atoms with van der Waals surface area (Å²) in [6.45, 7) is 0. The molecule has 2 heterocycles. The fraction of sp³-hybridized carbons (Fsp3) is 0.308. The Labute approximate surface area is 235 Å². The Bertz CT molecular complexity index is 1640. The average Bonchev–Trinajstić information content (AvgIpc) is 3.30. The van der Waals surface area contributed by atoms with Gasteiger partial charge in [0.15, 0.2) is 44.6 Å². The second kappa shape index (κ2) is 8.71. The second-order valence-electron chi connectivity index (χ2n) is 10.3. The van der Waals surface area contributed by atoms with Crippen molar-refractivity contribution in [1.29, 1.82) is 0 Å². The van der Waals surface area contributed by atoms with Gasteiger partial charge in [0, 0.05) is 5.92 Å². The van der Waals surface area contributed by atoms with Gasteiger partial charge in [-0.25, -0.2) is 31.2 Å². The SMILES string of the molecule is O=C1NC(=O)C2C1CC=C1C2CC2(Cl)C(=O)N(c3c(F)c(F)c(F)c(F)c3F)C(=O)C2(Cl)C1c1ccc(O)c(F)c1. The Hall–Kier alpha value is -3.58. The van der Waals surface area contributed by atoms with Crippen LogP contribution in [0, 0.1) is 52.7 Å². The van der Waals surface area contributed by atoms with Crippen LogP contribution in [0.5, 0.6) is 5.75 Å². The molecule has 2 N–H and O–H groups in total. The number of rotatable bonds is 2. The first-order chi connectivity index (χ1) is 19.2. The predicted octanol–water partition coefficient (Wildman–Crippen LogP) is 4.08. The molecule has 3 fully saturated rings. The van der Waals surface area contributed by atoms with Gasteiger partial charge in [0.2, 0.25) is 17.6 Å². The van der Waals surface area contributed by atoms with Crippen LogP contribution in [0.3, 0.4) is 0 Å². The summed E-state index contributed by atoms with van der Waals surface area (Å²) in [4.78, 5) is 47.2. The van der Waals surface area contributed by atoms with Crippen LogP contribution in [0.25, 0.3) is 0 Å². The van der Waals surface area contributed by atoms with Crippen molar-refractivity contribution in [3.8, 4) is 5.75 Å². The van der Waals surface area contributed by atoms with E-state index in [1.807, 2.05) is 0 Å². The molecule has 1 saturated carbocycles. The molecule has 2 aliphatic heterocycles. The fourth-order valence-electron chi connectivity index (χ4n) is 6.55. The van der Waals surface area contributed by atoms with Gasteiger partial charge in [-0.2, -0.15) is 0 Å². The zero-order chi connectivity index (χ0) is 29.9. The molecule has 2 aromatic carbocycles. The Kier molecular flexibility index (Phi) is 5.86. The van der Waals surface area contributed by atoms with Gasteiger partial charge in [-0.3, -0.25) is 24.5 Å². The van der Waals surface area contributed by atoms with E-state index >= 15 is 0 Å². The molecule has 0 radical (unpaired) electrons. The first-order valence-electron chi connectivity index (χ1n) is 12.0. The van der Waals surface area contributed by atoms with Gasteiger partial charge in [0.25, 0.3) is 11.8 Å². The Balaban J connectivity index is 1.62. The Morgan fingerprint density at radius 2 is 1.46 bits per heavy atom. The van der Waals surface area contributed by atoms with Crippen LogP contribution in [-0.4, -0.2) is 38.5 Å². The van der Waals surface area contributed by atoms with Crippen LogP contribution < -0.4 is 10.2 Å². The summed E-state index contributed by atoms with van der Waals surface area (Å²) in [6, 6.07) is 2.78. The smallest absolute Gasteiger partial charge is 0.258 e. The molecule has 2 aromatic rings. The van der Waals surface area contributed by atoms with Crippen LogP contribution in [0.4, 0.5) is 32.0 Å². The zero-order valence-corrected chi connectivity index (χ0v) is 21.6. The third-order valence-electron chi connectivity index (χ3n) is 8.37. The summed E-state index contributed by atoms with van der Waals surface area (Å²) >= 11 is 13.7. The number of nitrogens with one attached hydrogen (secondary N) is 1. The van der Waals surface area contributed by atoms with Crippen molar-refractivity contribution in [3.63, 3.8) is 0 Å². The van der Waals surface area contributed by atoms with E-state index in [1.54, 1.807) is 0 Å². The highest BCUT2D eigenvalue weighted by atomic mass is 35.5. The quantitative estimate of drug-likeness (QED) is 0.132. The van der Waals surface area contributed by atoms with Crippen molar-refractivity contribution < 1.29 is 50.6 Å². The molecule has 7 nitrogen and oxygen atoms in total. The summed E-state index contributed by atoms with van der Waals surface area (Å²) in [6.07, 6.45) is 0.745. The van der Waals surface area contributed by atoms with Crippen molar-refractivity contribution in [1.82, 2.24) is 5.32 Å². The van der Waals surface area contributed by atoms with E-state index in [-0.39, 0.29) is 22.5 Å². The summed E-state index contributed by atoms with van der Waals surface area (Å²) in [7, 11) is 0. The number of nitrogens with zero attached hydrogens (tertiary/aromatic N) is 1. The van der Waals surface area contributed by atoms with Gasteiger partial charge >= 0.3 is 0 Å². The number of carbonyl (C=O) groups is 4. The van der Waals surface area contributed by atoms with Crippen LogP contribution in [0.15, 0.2) is 29.8 Å². The van der Waals surface area contributed by atoms with Crippen LogP contribution >= 0.6 is 23.2 Å². The lowest BCUT2D eigenvalue weighted by Crippen LogP contribution is -2.60. The molecule has 2 saturated heterocycles. The maximum Gasteiger partial charge on any atom is 0.258 e. The highest BCUT2D eigenvalue weighted by Gasteiger charge is 2.77. The molecule has 6 rings (SSSR count). The molecule has 15 heteroatoms. The van der Waals surface area contributed by atoms with Crippen molar-refractivity contribution in [3.05, 3.63) is 70.3 Å². The number of imide groups is 2. The number of aromatic hydroxyl groups is 1. The number of hydrogen-bond donors (Lipinski definition) is 2. The molecule has 0 bridgehead atoms. The van der Waals surface area contributed by atoms with E-state index in [9.17, 15) is 50.6 Å². The van der Waals surface area contributed by atoms with Crippen LogP contribution in [0.2, 0.25) is 0 Å². The largest absolute Gasteiger partial charge is 0.505 e. The molecule has 214 valence electrons. The summed E-state index contributed by atoms with van der Waals surface area (Å²) < 4.78 is 86.4. The number of hydrogen-bond acceptors (Lipinski definition) is 5. The number of benzene rings is 2. The first-order valence-corrected chi connectivity index (χ1v) is 12.7. The Morgan fingerprint density at radius 1 is 0.854 bits per heavy atom. The molecular weight excluding hydrogens is 605 g/mol. The number of carbonyl (C=O) groups excluding carboxylic acids is 4. The van der Waals surface area contributed by atoms with Crippen molar-refractivity contribution in [2.24, 2.45) is 17.8 Å². The monoisotopic (exact) mass is 618 g/mol. The van der Waals surface area contributed by atoms with Crippen molar-refractivity contribution in [2.75, 3.05) is 4.90 Å². The summed E-state index contributed by atoms with van der Waals surface area (Å²) in [5, 5.41) is 11.9. The molecule has 0 aromatic heterocycles. The molecule has 6 unspecified atom stereocenters. The van der Waals surface area contributed by atoms with E-state index in [0.717, 1.165) is 18.2 Å². The topological polar surface area (TPSA) is 104 Å². The number of fused-ring (bicyclic) bond motifs is 4. The zero-order valence-electron chi connectivity index (χ0n) is 20.1. The highest BCUT2D eigenvalue weighted by Crippen LogP contribution is 2.65. The molecule has 41 heavy (non-hydrogen) atoms. The normalized spacial score (nSPS) is 32.5. The molecule has 6 atom stereocenters. The number of phenolic OH excluding ortho intramolecular Hbond substituents is 1. The molecule has 4 amide bonds.